The Balaban J connectivity index is 0.00000392. The molecular formula is C20H33IN4O3. The Morgan fingerprint density at radius 1 is 1.14 bits per heavy atom. The maximum atomic E-state index is 11.7. The molecule has 1 fully saturated rings. The number of rotatable bonds is 9. The number of hydrogen-bond donors (Lipinski definition) is 3. The van der Waals surface area contributed by atoms with Gasteiger partial charge in [-0.2, -0.15) is 0 Å². The van der Waals surface area contributed by atoms with Gasteiger partial charge in [0, 0.05) is 18.7 Å². The maximum Gasteiger partial charge on any atom is 0.239 e. The van der Waals surface area contributed by atoms with Crippen molar-refractivity contribution in [1.82, 2.24) is 16.0 Å². The number of nitrogens with zero attached hydrogens (tertiary/aromatic N) is 1. The van der Waals surface area contributed by atoms with Crippen LogP contribution in [-0.2, 0) is 11.3 Å². The van der Waals surface area contributed by atoms with Crippen molar-refractivity contribution in [1.29, 1.82) is 0 Å². The summed E-state index contributed by atoms with van der Waals surface area (Å²) in [4.78, 5) is 16.3. The Bertz CT molecular complexity index is 634. The number of halogens is 1. The zero-order valence-electron chi connectivity index (χ0n) is 17.0. The van der Waals surface area contributed by atoms with E-state index in [0.717, 1.165) is 29.9 Å². The van der Waals surface area contributed by atoms with Crippen LogP contribution in [0.2, 0.25) is 0 Å². The number of para-hydroxylation sites is 1. The van der Waals surface area contributed by atoms with E-state index in [-0.39, 0.29) is 42.5 Å². The second-order valence-electron chi connectivity index (χ2n) is 6.48. The normalized spacial score (nSPS) is 14.2. The number of aliphatic imine (C=N–C) groups is 1. The lowest BCUT2D eigenvalue weighted by Gasteiger charge is -2.19. The lowest BCUT2D eigenvalue weighted by Crippen LogP contribution is -2.43. The van der Waals surface area contributed by atoms with E-state index in [2.05, 4.69) is 20.9 Å². The second-order valence-corrected chi connectivity index (χ2v) is 6.48. The SMILES string of the molecule is CCNC(=O)CNC(=NCc1cccc(OC)c1OC1CCCC1)NCC.I. The monoisotopic (exact) mass is 504 g/mol. The van der Waals surface area contributed by atoms with Crippen LogP contribution in [0.5, 0.6) is 11.5 Å². The molecule has 1 aliphatic carbocycles. The number of carbonyl (C=O) groups is 1. The summed E-state index contributed by atoms with van der Waals surface area (Å²) in [5.41, 5.74) is 0.969. The highest BCUT2D eigenvalue weighted by Crippen LogP contribution is 2.35. The molecule has 0 saturated heterocycles. The Kier molecular flexibility index (Phi) is 11.7. The largest absolute Gasteiger partial charge is 0.493 e. The van der Waals surface area contributed by atoms with E-state index < -0.39 is 0 Å². The predicted octanol–water partition coefficient (Wildman–Crippen LogP) is 2.83. The molecule has 0 spiro atoms. The van der Waals surface area contributed by atoms with Gasteiger partial charge in [0.25, 0.3) is 0 Å². The number of benzene rings is 1. The minimum absolute atomic E-state index is 0. The van der Waals surface area contributed by atoms with Crippen LogP contribution >= 0.6 is 24.0 Å². The Morgan fingerprint density at radius 3 is 2.50 bits per heavy atom. The summed E-state index contributed by atoms with van der Waals surface area (Å²) in [5.74, 6) is 2.04. The molecule has 0 aliphatic heterocycles. The number of nitrogens with one attached hydrogen (secondary N) is 3. The van der Waals surface area contributed by atoms with Gasteiger partial charge in [0.05, 0.1) is 26.3 Å². The van der Waals surface area contributed by atoms with Crippen LogP contribution in [0.3, 0.4) is 0 Å². The number of amides is 1. The quantitative estimate of drug-likeness (QED) is 0.274. The lowest BCUT2D eigenvalue weighted by atomic mass is 10.1. The molecule has 0 radical (unpaired) electrons. The van der Waals surface area contributed by atoms with Crippen LogP contribution < -0.4 is 25.4 Å². The fourth-order valence-corrected chi connectivity index (χ4v) is 3.08. The van der Waals surface area contributed by atoms with Crippen LogP contribution in [0.25, 0.3) is 0 Å². The molecule has 1 aromatic carbocycles. The van der Waals surface area contributed by atoms with Crippen LogP contribution in [0.1, 0.15) is 45.1 Å². The van der Waals surface area contributed by atoms with E-state index in [0.29, 0.717) is 25.6 Å². The first-order chi connectivity index (χ1) is 13.2. The molecule has 3 N–H and O–H groups in total. The fourth-order valence-electron chi connectivity index (χ4n) is 3.08. The van der Waals surface area contributed by atoms with Gasteiger partial charge in [0.1, 0.15) is 0 Å². The van der Waals surface area contributed by atoms with E-state index in [4.69, 9.17) is 9.47 Å². The minimum atomic E-state index is -0.0604. The molecule has 0 aromatic heterocycles. The van der Waals surface area contributed by atoms with Crippen LogP contribution in [0, 0.1) is 0 Å². The molecule has 1 amide bonds. The number of methoxy groups -OCH3 is 1. The van der Waals surface area contributed by atoms with E-state index in [1.54, 1.807) is 7.11 Å². The van der Waals surface area contributed by atoms with Gasteiger partial charge in [-0.25, -0.2) is 4.99 Å². The number of likely N-dealkylation sites (N-methyl/N-ethyl adjacent to an activating group) is 1. The molecule has 0 unspecified atom stereocenters. The summed E-state index contributed by atoms with van der Waals surface area (Å²) in [6.45, 7) is 5.83. The molecule has 8 heteroatoms. The molecule has 158 valence electrons. The molecule has 0 bridgehead atoms. The van der Waals surface area contributed by atoms with E-state index in [1.807, 2.05) is 32.0 Å². The predicted molar refractivity (Wildman–Crippen MR) is 123 cm³/mol. The van der Waals surface area contributed by atoms with Crippen molar-refractivity contribution in [2.75, 3.05) is 26.7 Å². The molecule has 1 aromatic rings. The average Bonchev–Trinajstić information content (AvgIpc) is 3.18. The standard InChI is InChI=1S/C20H32N4O3.HI/c1-4-21-18(25)14-24-20(22-5-2)23-13-15-9-8-12-17(26-3)19(15)27-16-10-6-7-11-16;/h8-9,12,16H,4-7,10-11,13-14H2,1-3H3,(H,21,25)(H2,22,23,24);1H. The number of hydrogen-bond acceptors (Lipinski definition) is 4. The lowest BCUT2D eigenvalue weighted by molar-refractivity contribution is -0.119. The number of guanidine groups is 1. The minimum Gasteiger partial charge on any atom is -0.493 e. The second kappa shape index (κ2) is 13.5. The summed E-state index contributed by atoms with van der Waals surface area (Å²) >= 11 is 0. The van der Waals surface area contributed by atoms with Crippen molar-refractivity contribution in [3.63, 3.8) is 0 Å². The highest BCUT2D eigenvalue weighted by Gasteiger charge is 2.20. The van der Waals surface area contributed by atoms with E-state index in [9.17, 15) is 4.79 Å². The number of ether oxygens (including phenoxy) is 2. The van der Waals surface area contributed by atoms with Gasteiger partial charge >= 0.3 is 0 Å². The molecule has 0 heterocycles. The zero-order valence-corrected chi connectivity index (χ0v) is 19.4. The van der Waals surface area contributed by atoms with Crippen molar-refractivity contribution in [3.8, 4) is 11.5 Å². The first kappa shape index (κ1) is 24.3. The fraction of sp³-hybridized carbons (Fsp3) is 0.600. The van der Waals surface area contributed by atoms with Crippen LogP contribution in [0.4, 0.5) is 0 Å². The molecule has 1 aliphatic rings. The van der Waals surface area contributed by atoms with Crippen LogP contribution in [0.15, 0.2) is 23.2 Å². The topological polar surface area (TPSA) is 84.0 Å². The van der Waals surface area contributed by atoms with E-state index in [1.165, 1.54) is 12.8 Å². The van der Waals surface area contributed by atoms with Gasteiger partial charge in [0.15, 0.2) is 17.5 Å². The molecule has 0 atom stereocenters. The van der Waals surface area contributed by atoms with Crippen molar-refractivity contribution in [2.45, 2.75) is 52.2 Å². The van der Waals surface area contributed by atoms with Crippen molar-refractivity contribution < 1.29 is 14.3 Å². The molecule has 1 saturated carbocycles. The highest BCUT2D eigenvalue weighted by atomic mass is 127. The molecule has 28 heavy (non-hydrogen) atoms. The first-order valence-corrected chi connectivity index (χ1v) is 9.79. The summed E-state index contributed by atoms with van der Waals surface area (Å²) in [5, 5.41) is 8.97. The van der Waals surface area contributed by atoms with Gasteiger partial charge < -0.3 is 25.4 Å². The van der Waals surface area contributed by atoms with E-state index >= 15 is 0 Å². The summed E-state index contributed by atoms with van der Waals surface area (Å²) in [6.07, 6.45) is 4.83. The van der Waals surface area contributed by atoms with Crippen molar-refractivity contribution in [3.05, 3.63) is 23.8 Å². The van der Waals surface area contributed by atoms with Crippen LogP contribution in [-0.4, -0.2) is 44.7 Å². The average molecular weight is 504 g/mol. The van der Waals surface area contributed by atoms with Gasteiger partial charge in [0.2, 0.25) is 5.91 Å². The number of carbonyl (C=O) groups excluding carboxylic acids is 1. The summed E-state index contributed by atoms with van der Waals surface area (Å²) in [6, 6.07) is 5.86. The van der Waals surface area contributed by atoms with Crippen molar-refractivity contribution in [2.24, 2.45) is 4.99 Å². The molecule has 2 rings (SSSR count). The van der Waals surface area contributed by atoms with Gasteiger partial charge in [-0.15, -0.1) is 24.0 Å². The Labute approximate surface area is 185 Å². The Hall–Kier alpha value is -1.71. The van der Waals surface area contributed by atoms with Gasteiger partial charge in [-0.05, 0) is 45.6 Å². The summed E-state index contributed by atoms with van der Waals surface area (Å²) < 4.78 is 11.8. The molecule has 7 nitrogen and oxygen atoms in total. The third kappa shape index (κ3) is 7.73. The molecular weight excluding hydrogens is 471 g/mol. The zero-order chi connectivity index (χ0) is 19.5. The first-order valence-electron chi connectivity index (χ1n) is 9.79. The summed E-state index contributed by atoms with van der Waals surface area (Å²) in [7, 11) is 1.65. The smallest absolute Gasteiger partial charge is 0.239 e. The highest BCUT2D eigenvalue weighted by molar-refractivity contribution is 14.0. The third-order valence-electron chi connectivity index (χ3n) is 4.41. The van der Waals surface area contributed by atoms with Gasteiger partial charge in [-0.1, -0.05) is 12.1 Å². The van der Waals surface area contributed by atoms with Crippen molar-refractivity contribution >= 4 is 35.8 Å². The third-order valence-corrected chi connectivity index (χ3v) is 4.41. The van der Waals surface area contributed by atoms with Gasteiger partial charge in [-0.3, -0.25) is 4.79 Å². The maximum absolute atomic E-state index is 11.7. The Morgan fingerprint density at radius 2 is 1.86 bits per heavy atom.